The fraction of sp³-hybridized carbons (Fsp3) is 0.115. The van der Waals surface area contributed by atoms with E-state index in [9.17, 15) is 4.79 Å². The lowest BCUT2D eigenvalue weighted by molar-refractivity contribution is 0.194. The molecule has 1 aliphatic rings. The average Bonchev–Trinajstić information content (AvgIpc) is 3.23. The molecule has 0 aliphatic carbocycles. The maximum Gasteiger partial charge on any atom is 0.322 e. The van der Waals surface area contributed by atoms with Gasteiger partial charge < -0.3 is 19.5 Å². The van der Waals surface area contributed by atoms with E-state index >= 15 is 0 Å². The van der Waals surface area contributed by atoms with Gasteiger partial charge in [-0.1, -0.05) is 48.0 Å². The van der Waals surface area contributed by atoms with E-state index in [1.54, 1.807) is 13.2 Å². The number of rotatable bonds is 3. The van der Waals surface area contributed by atoms with Crippen molar-refractivity contribution in [2.24, 2.45) is 0 Å². The van der Waals surface area contributed by atoms with Gasteiger partial charge in [0.15, 0.2) is 0 Å². The fourth-order valence-corrected chi connectivity index (χ4v) is 4.46. The Kier molecular flexibility index (Phi) is 5.33. The molecule has 0 spiro atoms. The van der Waals surface area contributed by atoms with Crippen molar-refractivity contribution in [1.82, 2.24) is 9.47 Å². The lowest BCUT2D eigenvalue weighted by atomic mass is 10.0. The number of ether oxygens (including phenoxy) is 1. The number of benzene rings is 3. The second-order valence-corrected chi connectivity index (χ2v) is 8.12. The summed E-state index contributed by atoms with van der Waals surface area (Å²) in [4.78, 5) is 15.5. The standard InChI is InChI=1S/C26H22ClN3O2/c1-32-22-11-5-10-21(16-22)28-26(31)30-17-19-7-2-3-12-23(19)29-14-6-13-24(29)25(30)18-8-4-9-20(27)15-18/h2-16,25H,17H2,1H3,(H,28,31)/t25-/m1/s1. The third-order valence-electron chi connectivity index (χ3n) is 5.71. The third-order valence-corrected chi connectivity index (χ3v) is 5.95. The maximum absolute atomic E-state index is 13.7. The summed E-state index contributed by atoms with van der Waals surface area (Å²) in [7, 11) is 1.61. The molecule has 3 aromatic carbocycles. The Morgan fingerprint density at radius 3 is 2.69 bits per heavy atom. The number of nitrogens with one attached hydrogen (secondary N) is 1. The first-order valence-corrected chi connectivity index (χ1v) is 10.7. The quantitative estimate of drug-likeness (QED) is 0.405. The molecule has 0 saturated heterocycles. The molecule has 0 radical (unpaired) electrons. The SMILES string of the molecule is COc1cccc(NC(=O)N2Cc3ccccc3-n3cccc3[C@H]2c2cccc(Cl)c2)c1. The van der Waals surface area contributed by atoms with Gasteiger partial charge in [0, 0.05) is 28.7 Å². The number of methoxy groups -OCH3 is 1. The highest BCUT2D eigenvalue weighted by Gasteiger charge is 2.33. The van der Waals surface area contributed by atoms with Crippen LogP contribution in [0, 0.1) is 0 Å². The number of anilines is 1. The van der Waals surface area contributed by atoms with Crippen molar-refractivity contribution in [2.45, 2.75) is 12.6 Å². The van der Waals surface area contributed by atoms with Crippen molar-refractivity contribution in [3.05, 3.63) is 113 Å². The van der Waals surface area contributed by atoms with Gasteiger partial charge >= 0.3 is 6.03 Å². The van der Waals surface area contributed by atoms with Crippen LogP contribution in [0.15, 0.2) is 91.1 Å². The average molecular weight is 444 g/mol. The Labute approximate surface area is 191 Å². The van der Waals surface area contributed by atoms with Crippen LogP contribution < -0.4 is 10.1 Å². The number of carbonyl (C=O) groups excluding carboxylic acids is 1. The largest absolute Gasteiger partial charge is 0.497 e. The summed E-state index contributed by atoms with van der Waals surface area (Å²) < 4.78 is 7.46. The zero-order chi connectivity index (χ0) is 22.1. The van der Waals surface area contributed by atoms with Crippen LogP contribution >= 0.6 is 11.6 Å². The van der Waals surface area contributed by atoms with Gasteiger partial charge in [-0.25, -0.2) is 4.79 Å². The molecule has 1 aliphatic heterocycles. The topological polar surface area (TPSA) is 46.5 Å². The number of para-hydroxylation sites is 1. The molecular formula is C26H22ClN3O2. The van der Waals surface area contributed by atoms with Gasteiger partial charge in [-0.2, -0.15) is 0 Å². The van der Waals surface area contributed by atoms with Crippen LogP contribution in [-0.2, 0) is 6.54 Å². The van der Waals surface area contributed by atoms with E-state index in [1.807, 2.05) is 71.8 Å². The molecule has 4 aromatic rings. The Balaban J connectivity index is 1.62. The van der Waals surface area contributed by atoms with Crippen LogP contribution in [0.5, 0.6) is 5.75 Å². The Hall–Kier alpha value is -3.70. The number of hydrogen-bond acceptors (Lipinski definition) is 2. The van der Waals surface area contributed by atoms with Crippen molar-refractivity contribution in [3.8, 4) is 11.4 Å². The number of carbonyl (C=O) groups is 1. The molecule has 5 nitrogen and oxygen atoms in total. The summed E-state index contributed by atoms with van der Waals surface area (Å²) in [5, 5.41) is 3.68. The van der Waals surface area contributed by atoms with Gasteiger partial charge in [0.2, 0.25) is 0 Å². The van der Waals surface area contributed by atoms with Gasteiger partial charge in [0.05, 0.1) is 25.4 Å². The first kappa shape index (κ1) is 20.2. The summed E-state index contributed by atoms with van der Waals surface area (Å²) in [5.74, 6) is 0.685. The van der Waals surface area contributed by atoms with Crippen LogP contribution in [0.25, 0.3) is 5.69 Å². The van der Waals surface area contributed by atoms with Gasteiger partial charge in [0.1, 0.15) is 5.75 Å². The molecule has 2 heterocycles. The number of aromatic nitrogens is 1. The molecule has 5 rings (SSSR count). The molecule has 160 valence electrons. The van der Waals surface area contributed by atoms with Gasteiger partial charge in [-0.15, -0.1) is 0 Å². The molecule has 1 N–H and O–H groups in total. The van der Waals surface area contributed by atoms with Gasteiger partial charge in [0.25, 0.3) is 0 Å². The number of halogens is 1. The summed E-state index contributed by atoms with van der Waals surface area (Å²) in [6.45, 7) is 0.449. The normalized spacial score (nSPS) is 14.8. The van der Waals surface area contributed by atoms with Crippen LogP contribution in [0.2, 0.25) is 5.02 Å². The molecule has 1 aromatic heterocycles. The van der Waals surface area contributed by atoms with Crippen molar-refractivity contribution < 1.29 is 9.53 Å². The number of fused-ring (bicyclic) bond motifs is 3. The second kappa shape index (κ2) is 8.44. The molecule has 0 bridgehead atoms. The Morgan fingerprint density at radius 1 is 1.00 bits per heavy atom. The van der Waals surface area contributed by atoms with E-state index in [0.29, 0.717) is 23.0 Å². The van der Waals surface area contributed by atoms with Gasteiger partial charge in [-0.3, -0.25) is 0 Å². The Morgan fingerprint density at radius 2 is 1.84 bits per heavy atom. The smallest absolute Gasteiger partial charge is 0.322 e. The molecule has 0 saturated carbocycles. The van der Waals surface area contributed by atoms with Crippen molar-refractivity contribution in [3.63, 3.8) is 0 Å². The van der Waals surface area contributed by atoms with E-state index in [2.05, 4.69) is 28.1 Å². The molecule has 32 heavy (non-hydrogen) atoms. The molecule has 2 amide bonds. The number of urea groups is 1. The van der Waals surface area contributed by atoms with E-state index < -0.39 is 0 Å². The molecule has 1 atom stereocenters. The Bertz CT molecular complexity index is 1280. The predicted molar refractivity (Wildman–Crippen MR) is 127 cm³/mol. The van der Waals surface area contributed by atoms with E-state index in [4.69, 9.17) is 16.3 Å². The first-order chi connectivity index (χ1) is 15.6. The summed E-state index contributed by atoms with van der Waals surface area (Å²) >= 11 is 6.35. The highest BCUT2D eigenvalue weighted by molar-refractivity contribution is 6.30. The monoisotopic (exact) mass is 443 g/mol. The highest BCUT2D eigenvalue weighted by atomic mass is 35.5. The number of hydrogen-bond donors (Lipinski definition) is 1. The minimum Gasteiger partial charge on any atom is -0.497 e. The van der Waals surface area contributed by atoms with E-state index in [0.717, 1.165) is 22.5 Å². The van der Waals surface area contributed by atoms with Crippen LogP contribution in [0.4, 0.5) is 10.5 Å². The van der Waals surface area contributed by atoms with E-state index in [1.165, 1.54) is 0 Å². The number of amides is 2. The predicted octanol–water partition coefficient (Wildman–Crippen LogP) is 6.28. The van der Waals surface area contributed by atoms with Crippen molar-refractivity contribution in [1.29, 1.82) is 0 Å². The lowest BCUT2D eigenvalue weighted by Crippen LogP contribution is -2.37. The molecule has 6 heteroatoms. The summed E-state index contributed by atoms with van der Waals surface area (Å²) in [6, 6.07) is 26.8. The maximum atomic E-state index is 13.7. The molecule has 0 fully saturated rings. The van der Waals surface area contributed by atoms with Crippen LogP contribution in [0.1, 0.15) is 22.9 Å². The van der Waals surface area contributed by atoms with Crippen LogP contribution in [0.3, 0.4) is 0 Å². The van der Waals surface area contributed by atoms with E-state index in [-0.39, 0.29) is 12.1 Å². The molecule has 0 unspecified atom stereocenters. The highest BCUT2D eigenvalue weighted by Crippen LogP contribution is 2.37. The first-order valence-electron chi connectivity index (χ1n) is 10.4. The number of nitrogens with zero attached hydrogens (tertiary/aromatic N) is 2. The van der Waals surface area contributed by atoms with Crippen molar-refractivity contribution >= 4 is 23.3 Å². The lowest BCUT2D eigenvalue weighted by Gasteiger charge is -2.31. The fourth-order valence-electron chi connectivity index (χ4n) is 4.26. The van der Waals surface area contributed by atoms with Gasteiger partial charge in [-0.05, 0) is 53.6 Å². The van der Waals surface area contributed by atoms with Crippen LogP contribution in [-0.4, -0.2) is 22.6 Å². The summed E-state index contributed by atoms with van der Waals surface area (Å²) in [5.41, 5.74) is 4.75. The zero-order valence-corrected chi connectivity index (χ0v) is 18.3. The van der Waals surface area contributed by atoms with Crippen molar-refractivity contribution in [2.75, 3.05) is 12.4 Å². The molecular weight excluding hydrogens is 422 g/mol. The zero-order valence-electron chi connectivity index (χ0n) is 17.5. The minimum atomic E-state index is -0.318. The third kappa shape index (κ3) is 3.72. The minimum absolute atomic E-state index is 0.201. The second-order valence-electron chi connectivity index (χ2n) is 7.68. The summed E-state index contributed by atoms with van der Waals surface area (Å²) in [6.07, 6.45) is 2.04.